The van der Waals surface area contributed by atoms with Gasteiger partial charge in [-0.1, -0.05) is 30.3 Å². The minimum absolute atomic E-state index is 0.283. The van der Waals surface area contributed by atoms with Crippen molar-refractivity contribution in [3.63, 3.8) is 0 Å². The first-order chi connectivity index (χ1) is 11.7. The van der Waals surface area contributed by atoms with Gasteiger partial charge in [0.1, 0.15) is 12.4 Å². The zero-order chi connectivity index (χ0) is 16.8. The molecule has 0 bridgehead atoms. The minimum Gasteiger partial charge on any atom is -0.489 e. The Kier molecular flexibility index (Phi) is 5.46. The maximum absolute atomic E-state index is 11.3. The van der Waals surface area contributed by atoms with Crippen LogP contribution in [0.1, 0.15) is 21.5 Å². The standard InChI is InChI=1S/C19H21NO4/c21-19(22)16-6-7-18(24-14-15-4-2-1-3-5-15)17(12-16)13-20-8-10-23-11-9-20/h1-7,12H,8-11,13-14H2,(H,21,22). The fraction of sp³-hybridized carbons (Fsp3) is 0.316. The fourth-order valence-electron chi connectivity index (χ4n) is 2.71. The second-order valence-electron chi connectivity index (χ2n) is 5.79. The van der Waals surface area contributed by atoms with Crippen molar-refractivity contribution in [1.82, 2.24) is 4.90 Å². The molecule has 5 nitrogen and oxygen atoms in total. The third-order valence-electron chi connectivity index (χ3n) is 4.04. The largest absolute Gasteiger partial charge is 0.489 e. The topological polar surface area (TPSA) is 59.0 Å². The molecule has 0 aromatic heterocycles. The first-order valence-electron chi connectivity index (χ1n) is 8.05. The lowest BCUT2D eigenvalue weighted by Gasteiger charge is -2.27. The van der Waals surface area contributed by atoms with Gasteiger partial charge in [0.05, 0.1) is 18.8 Å². The molecule has 0 saturated carbocycles. The van der Waals surface area contributed by atoms with Crippen molar-refractivity contribution in [2.45, 2.75) is 13.2 Å². The number of carboxylic acids is 1. The molecule has 3 rings (SSSR count). The highest BCUT2D eigenvalue weighted by atomic mass is 16.5. The fourth-order valence-corrected chi connectivity index (χ4v) is 2.71. The van der Waals surface area contributed by atoms with E-state index in [0.29, 0.717) is 26.4 Å². The van der Waals surface area contributed by atoms with Crippen molar-refractivity contribution >= 4 is 5.97 Å². The number of benzene rings is 2. The van der Waals surface area contributed by atoms with Gasteiger partial charge in [-0.25, -0.2) is 4.79 Å². The van der Waals surface area contributed by atoms with Gasteiger partial charge in [0.15, 0.2) is 0 Å². The van der Waals surface area contributed by atoms with Crippen LogP contribution in [-0.4, -0.2) is 42.3 Å². The van der Waals surface area contributed by atoms with Crippen molar-refractivity contribution in [3.8, 4) is 5.75 Å². The second-order valence-corrected chi connectivity index (χ2v) is 5.79. The molecule has 24 heavy (non-hydrogen) atoms. The SMILES string of the molecule is O=C(O)c1ccc(OCc2ccccc2)c(CN2CCOCC2)c1. The van der Waals surface area contributed by atoms with Crippen LogP contribution >= 0.6 is 0 Å². The molecule has 0 unspecified atom stereocenters. The molecule has 1 aliphatic heterocycles. The van der Waals surface area contributed by atoms with Crippen LogP contribution in [0.3, 0.4) is 0 Å². The number of hydrogen-bond acceptors (Lipinski definition) is 4. The maximum atomic E-state index is 11.3. The molecule has 0 amide bonds. The molecular formula is C19H21NO4. The lowest BCUT2D eigenvalue weighted by Crippen LogP contribution is -2.35. The van der Waals surface area contributed by atoms with Gasteiger partial charge >= 0.3 is 5.97 Å². The summed E-state index contributed by atoms with van der Waals surface area (Å²) in [6.07, 6.45) is 0. The van der Waals surface area contributed by atoms with Crippen LogP contribution < -0.4 is 4.74 Å². The lowest BCUT2D eigenvalue weighted by atomic mass is 10.1. The normalized spacial score (nSPS) is 15.2. The summed E-state index contributed by atoms with van der Waals surface area (Å²) in [6.45, 7) is 4.22. The van der Waals surface area contributed by atoms with E-state index in [2.05, 4.69) is 4.90 Å². The van der Waals surface area contributed by atoms with Gasteiger partial charge in [-0.15, -0.1) is 0 Å². The average Bonchev–Trinajstić information content (AvgIpc) is 2.62. The summed E-state index contributed by atoms with van der Waals surface area (Å²) < 4.78 is 11.3. The molecular weight excluding hydrogens is 306 g/mol. The molecule has 5 heteroatoms. The van der Waals surface area contributed by atoms with Crippen LogP contribution in [0, 0.1) is 0 Å². The molecule has 1 N–H and O–H groups in total. The number of morpholine rings is 1. The van der Waals surface area contributed by atoms with Gasteiger partial charge in [0.2, 0.25) is 0 Å². The van der Waals surface area contributed by atoms with Crippen LogP contribution in [0.15, 0.2) is 48.5 Å². The molecule has 1 heterocycles. The summed E-state index contributed by atoms with van der Waals surface area (Å²) in [5, 5.41) is 9.24. The molecule has 2 aromatic carbocycles. The molecule has 0 spiro atoms. The Labute approximate surface area is 141 Å². The molecule has 1 fully saturated rings. The van der Waals surface area contributed by atoms with E-state index >= 15 is 0 Å². The smallest absolute Gasteiger partial charge is 0.335 e. The van der Waals surface area contributed by atoms with E-state index in [4.69, 9.17) is 9.47 Å². The Morgan fingerprint density at radius 3 is 2.58 bits per heavy atom. The van der Waals surface area contributed by atoms with Crippen molar-refractivity contribution in [2.24, 2.45) is 0 Å². The van der Waals surface area contributed by atoms with Gasteiger partial charge < -0.3 is 14.6 Å². The maximum Gasteiger partial charge on any atom is 0.335 e. The number of hydrogen-bond donors (Lipinski definition) is 1. The number of ether oxygens (including phenoxy) is 2. The number of aromatic carboxylic acids is 1. The zero-order valence-corrected chi connectivity index (χ0v) is 13.5. The van der Waals surface area contributed by atoms with E-state index < -0.39 is 5.97 Å². The van der Waals surface area contributed by atoms with Gasteiger partial charge in [-0.2, -0.15) is 0 Å². The second kappa shape index (κ2) is 7.95. The number of rotatable bonds is 6. The number of carbonyl (C=O) groups is 1. The summed E-state index contributed by atoms with van der Waals surface area (Å²) in [6, 6.07) is 15.0. The molecule has 0 aliphatic carbocycles. The molecule has 1 saturated heterocycles. The van der Waals surface area contributed by atoms with Crippen LogP contribution in [0.2, 0.25) is 0 Å². The lowest BCUT2D eigenvalue weighted by molar-refractivity contribution is 0.0337. The third-order valence-corrected chi connectivity index (χ3v) is 4.04. The van der Waals surface area contributed by atoms with Crippen molar-refractivity contribution in [3.05, 3.63) is 65.2 Å². The monoisotopic (exact) mass is 327 g/mol. The van der Waals surface area contributed by atoms with Crippen LogP contribution in [-0.2, 0) is 17.9 Å². The van der Waals surface area contributed by atoms with E-state index in [1.54, 1.807) is 18.2 Å². The Morgan fingerprint density at radius 1 is 1.12 bits per heavy atom. The van der Waals surface area contributed by atoms with E-state index in [0.717, 1.165) is 30.0 Å². The van der Waals surface area contributed by atoms with E-state index in [9.17, 15) is 9.90 Å². The van der Waals surface area contributed by atoms with Crippen molar-refractivity contribution in [1.29, 1.82) is 0 Å². The van der Waals surface area contributed by atoms with Crippen LogP contribution in [0.25, 0.3) is 0 Å². The summed E-state index contributed by atoms with van der Waals surface area (Å²) in [5.74, 6) is -0.191. The van der Waals surface area contributed by atoms with Gasteiger partial charge in [0, 0.05) is 25.2 Å². The van der Waals surface area contributed by atoms with Crippen LogP contribution in [0.5, 0.6) is 5.75 Å². The van der Waals surface area contributed by atoms with E-state index in [-0.39, 0.29) is 5.56 Å². The predicted molar refractivity (Wildman–Crippen MR) is 90.3 cm³/mol. The molecule has 0 atom stereocenters. The first kappa shape index (κ1) is 16.5. The van der Waals surface area contributed by atoms with Crippen molar-refractivity contribution < 1.29 is 19.4 Å². The van der Waals surface area contributed by atoms with Crippen molar-refractivity contribution in [2.75, 3.05) is 26.3 Å². The molecule has 2 aromatic rings. The number of nitrogens with zero attached hydrogens (tertiary/aromatic N) is 1. The molecule has 126 valence electrons. The first-order valence-corrected chi connectivity index (χ1v) is 8.05. The van der Waals surface area contributed by atoms with Gasteiger partial charge in [-0.05, 0) is 23.8 Å². The minimum atomic E-state index is -0.923. The third kappa shape index (κ3) is 4.34. The number of carboxylic acid groups (broad SMARTS) is 1. The Balaban J connectivity index is 1.76. The van der Waals surface area contributed by atoms with E-state index in [1.807, 2.05) is 30.3 Å². The summed E-state index contributed by atoms with van der Waals surface area (Å²) in [7, 11) is 0. The highest BCUT2D eigenvalue weighted by Crippen LogP contribution is 2.24. The summed E-state index contributed by atoms with van der Waals surface area (Å²) in [4.78, 5) is 13.5. The average molecular weight is 327 g/mol. The zero-order valence-electron chi connectivity index (χ0n) is 13.5. The quantitative estimate of drug-likeness (QED) is 0.884. The summed E-state index contributed by atoms with van der Waals surface area (Å²) in [5.41, 5.74) is 2.26. The highest BCUT2D eigenvalue weighted by Gasteiger charge is 2.15. The molecule has 0 radical (unpaired) electrons. The highest BCUT2D eigenvalue weighted by molar-refractivity contribution is 5.88. The van der Waals surface area contributed by atoms with E-state index in [1.165, 1.54) is 0 Å². The predicted octanol–water partition coefficient (Wildman–Crippen LogP) is 2.80. The Bertz CT molecular complexity index is 681. The van der Waals surface area contributed by atoms with Gasteiger partial charge in [0.25, 0.3) is 0 Å². The Hall–Kier alpha value is -2.37. The Morgan fingerprint density at radius 2 is 1.88 bits per heavy atom. The summed E-state index contributed by atoms with van der Waals surface area (Å²) >= 11 is 0. The van der Waals surface area contributed by atoms with Crippen LogP contribution in [0.4, 0.5) is 0 Å². The molecule has 1 aliphatic rings. The van der Waals surface area contributed by atoms with Gasteiger partial charge in [-0.3, -0.25) is 4.90 Å².